The fourth-order valence-electron chi connectivity index (χ4n) is 2.32. The minimum absolute atomic E-state index is 0.231. The van der Waals surface area contributed by atoms with E-state index in [1.54, 1.807) is 62.0 Å². The first-order chi connectivity index (χ1) is 12.7. The Morgan fingerprint density at radius 2 is 1.92 bits per heavy atom. The van der Waals surface area contributed by atoms with Gasteiger partial charge in [-0.05, 0) is 42.5 Å². The second-order valence-corrected chi connectivity index (χ2v) is 5.91. The van der Waals surface area contributed by atoms with Gasteiger partial charge in [-0.3, -0.25) is 9.78 Å². The molecule has 0 spiro atoms. The maximum atomic E-state index is 12.3. The van der Waals surface area contributed by atoms with Gasteiger partial charge >= 0.3 is 0 Å². The fourth-order valence-corrected chi connectivity index (χ4v) is 2.44. The van der Waals surface area contributed by atoms with Crippen molar-refractivity contribution in [2.75, 3.05) is 12.4 Å². The molecule has 0 fully saturated rings. The molecule has 0 unspecified atom stereocenters. The first-order valence-electron chi connectivity index (χ1n) is 7.92. The maximum Gasteiger partial charge on any atom is 0.255 e. The third kappa shape index (κ3) is 4.52. The van der Waals surface area contributed by atoms with E-state index in [4.69, 9.17) is 21.1 Å². The summed E-state index contributed by atoms with van der Waals surface area (Å²) in [4.78, 5) is 16.4. The van der Waals surface area contributed by atoms with Gasteiger partial charge in [-0.15, -0.1) is 0 Å². The highest BCUT2D eigenvalue weighted by Crippen LogP contribution is 2.31. The van der Waals surface area contributed by atoms with Gasteiger partial charge in [0, 0.05) is 40.3 Å². The van der Waals surface area contributed by atoms with Crippen LogP contribution in [0.4, 0.5) is 5.69 Å². The molecular formula is C20H17ClN2O3. The van der Waals surface area contributed by atoms with Crippen LogP contribution in [0.3, 0.4) is 0 Å². The molecule has 0 atom stereocenters. The van der Waals surface area contributed by atoms with Crippen LogP contribution < -0.4 is 14.8 Å². The number of carbonyl (C=O) groups is 1. The summed E-state index contributed by atoms with van der Waals surface area (Å²) in [5.41, 5.74) is 2.06. The van der Waals surface area contributed by atoms with E-state index < -0.39 is 0 Å². The molecule has 1 amide bonds. The first kappa shape index (κ1) is 17.8. The van der Waals surface area contributed by atoms with Crippen LogP contribution in [0.2, 0.25) is 5.02 Å². The lowest BCUT2D eigenvalue weighted by atomic mass is 10.2. The summed E-state index contributed by atoms with van der Waals surface area (Å²) >= 11 is 5.85. The van der Waals surface area contributed by atoms with E-state index >= 15 is 0 Å². The van der Waals surface area contributed by atoms with Crippen molar-refractivity contribution in [2.24, 2.45) is 0 Å². The van der Waals surface area contributed by atoms with Crippen molar-refractivity contribution < 1.29 is 14.3 Å². The topological polar surface area (TPSA) is 60.5 Å². The molecule has 2 aromatic carbocycles. The van der Waals surface area contributed by atoms with E-state index in [-0.39, 0.29) is 5.91 Å². The Kier molecular flexibility index (Phi) is 5.71. The van der Waals surface area contributed by atoms with Crippen LogP contribution in [0.5, 0.6) is 11.5 Å². The summed E-state index contributed by atoms with van der Waals surface area (Å²) in [5.74, 6) is 0.883. The van der Waals surface area contributed by atoms with Crippen LogP contribution in [-0.4, -0.2) is 18.0 Å². The van der Waals surface area contributed by atoms with Gasteiger partial charge in [0.25, 0.3) is 5.91 Å². The minimum atomic E-state index is -0.231. The fraction of sp³-hybridized carbons (Fsp3) is 0.100. The lowest BCUT2D eigenvalue weighted by Gasteiger charge is -2.13. The van der Waals surface area contributed by atoms with Crippen molar-refractivity contribution in [1.29, 1.82) is 0 Å². The molecule has 0 aliphatic heterocycles. The van der Waals surface area contributed by atoms with E-state index in [1.807, 2.05) is 12.1 Å². The Hall–Kier alpha value is -3.05. The maximum absolute atomic E-state index is 12.3. The highest BCUT2D eigenvalue weighted by atomic mass is 35.5. The highest BCUT2D eigenvalue weighted by Gasteiger charge is 2.10. The molecule has 3 rings (SSSR count). The molecule has 3 aromatic rings. The molecule has 5 nitrogen and oxygen atoms in total. The number of methoxy groups -OCH3 is 1. The quantitative estimate of drug-likeness (QED) is 0.692. The number of nitrogens with zero attached hydrogens (tertiary/aromatic N) is 1. The number of ether oxygens (including phenoxy) is 2. The van der Waals surface area contributed by atoms with E-state index in [2.05, 4.69) is 10.3 Å². The number of benzene rings is 2. The number of aromatic nitrogens is 1. The second-order valence-electron chi connectivity index (χ2n) is 5.48. The molecule has 0 saturated heterocycles. The smallest absolute Gasteiger partial charge is 0.255 e. The normalized spacial score (nSPS) is 10.2. The average Bonchev–Trinajstić information content (AvgIpc) is 2.68. The summed E-state index contributed by atoms with van der Waals surface area (Å²) in [5, 5.41) is 3.42. The van der Waals surface area contributed by atoms with E-state index in [1.165, 1.54) is 0 Å². The molecule has 0 aliphatic carbocycles. The zero-order chi connectivity index (χ0) is 18.4. The van der Waals surface area contributed by atoms with Crippen molar-refractivity contribution in [2.45, 2.75) is 6.61 Å². The molecule has 26 heavy (non-hydrogen) atoms. The van der Waals surface area contributed by atoms with Crippen LogP contribution in [0.15, 0.2) is 67.0 Å². The Morgan fingerprint density at radius 3 is 2.62 bits per heavy atom. The molecule has 132 valence electrons. The predicted octanol–water partition coefficient (Wildman–Crippen LogP) is 4.57. The van der Waals surface area contributed by atoms with Crippen LogP contribution in [0.1, 0.15) is 15.9 Å². The van der Waals surface area contributed by atoms with Crippen LogP contribution >= 0.6 is 11.6 Å². The van der Waals surface area contributed by atoms with E-state index in [9.17, 15) is 4.79 Å². The van der Waals surface area contributed by atoms with Crippen molar-refractivity contribution in [3.05, 3.63) is 83.1 Å². The third-order valence-corrected chi connectivity index (χ3v) is 3.90. The lowest BCUT2D eigenvalue weighted by Crippen LogP contribution is -2.11. The summed E-state index contributed by atoms with van der Waals surface area (Å²) in [6.07, 6.45) is 3.44. The van der Waals surface area contributed by atoms with Gasteiger partial charge in [-0.1, -0.05) is 17.7 Å². The van der Waals surface area contributed by atoms with Gasteiger partial charge in [0.05, 0.1) is 7.11 Å². The van der Waals surface area contributed by atoms with Crippen molar-refractivity contribution in [3.8, 4) is 11.5 Å². The standard InChI is InChI=1S/C20H17ClN2O3/c1-25-18-9-8-17(23-20(24)15-4-6-16(21)7-5-15)11-19(18)26-13-14-3-2-10-22-12-14/h2-12H,13H2,1H3,(H,23,24). The monoisotopic (exact) mass is 368 g/mol. The zero-order valence-corrected chi connectivity index (χ0v) is 14.9. The molecule has 6 heteroatoms. The summed E-state index contributed by atoms with van der Waals surface area (Å²) < 4.78 is 11.1. The van der Waals surface area contributed by atoms with Gasteiger partial charge in [-0.25, -0.2) is 0 Å². The number of nitrogens with one attached hydrogen (secondary N) is 1. The van der Waals surface area contributed by atoms with Crippen molar-refractivity contribution in [3.63, 3.8) is 0 Å². The summed E-state index contributed by atoms with van der Waals surface area (Å²) in [6, 6.07) is 15.7. The first-order valence-corrected chi connectivity index (χ1v) is 8.30. The van der Waals surface area contributed by atoms with Crippen LogP contribution in [0, 0.1) is 0 Å². The van der Waals surface area contributed by atoms with Gasteiger partial charge in [-0.2, -0.15) is 0 Å². The van der Waals surface area contributed by atoms with E-state index in [0.717, 1.165) is 5.56 Å². The zero-order valence-electron chi connectivity index (χ0n) is 14.1. The largest absolute Gasteiger partial charge is 0.493 e. The number of halogens is 1. The average molecular weight is 369 g/mol. The van der Waals surface area contributed by atoms with Crippen LogP contribution in [0.25, 0.3) is 0 Å². The number of amides is 1. The van der Waals surface area contributed by atoms with E-state index in [0.29, 0.717) is 34.4 Å². The van der Waals surface area contributed by atoms with Gasteiger partial charge in [0.1, 0.15) is 6.61 Å². The minimum Gasteiger partial charge on any atom is -0.493 e. The number of hydrogen-bond acceptors (Lipinski definition) is 4. The summed E-state index contributed by atoms with van der Waals surface area (Å²) in [6.45, 7) is 0.346. The molecule has 1 N–H and O–H groups in total. The molecule has 1 aromatic heterocycles. The van der Waals surface area contributed by atoms with Gasteiger partial charge < -0.3 is 14.8 Å². The highest BCUT2D eigenvalue weighted by molar-refractivity contribution is 6.30. The Bertz CT molecular complexity index is 883. The van der Waals surface area contributed by atoms with Crippen molar-refractivity contribution in [1.82, 2.24) is 4.98 Å². The van der Waals surface area contributed by atoms with Crippen LogP contribution in [-0.2, 0) is 6.61 Å². The van der Waals surface area contributed by atoms with Gasteiger partial charge in [0.15, 0.2) is 11.5 Å². The second kappa shape index (κ2) is 8.36. The molecule has 0 radical (unpaired) electrons. The molecule has 1 heterocycles. The Morgan fingerprint density at radius 1 is 1.12 bits per heavy atom. The predicted molar refractivity (Wildman–Crippen MR) is 101 cm³/mol. The number of pyridine rings is 1. The number of rotatable bonds is 6. The molecular weight excluding hydrogens is 352 g/mol. The van der Waals surface area contributed by atoms with Gasteiger partial charge in [0.2, 0.25) is 0 Å². The van der Waals surface area contributed by atoms with Crippen molar-refractivity contribution >= 4 is 23.2 Å². The molecule has 0 aliphatic rings. The molecule has 0 bridgehead atoms. The molecule has 0 saturated carbocycles. The third-order valence-electron chi connectivity index (χ3n) is 3.65. The SMILES string of the molecule is COc1ccc(NC(=O)c2ccc(Cl)cc2)cc1OCc1cccnc1. The Labute approximate surface area is 156 Å². The number of carbonyl (C=O) groups excluding carboxylic acids is 1. The number of anilines is 1. The summed E-state index contributed by atoms with van der Waals surface area (Å²) in [7, 11) is 1.57. The lowest BCUT2D eigenvalue weighted by molar-refractivity contribution is 0.102. The number of hydrogen-bond donors (Lipinski definition) is 1. The Balaban J connectivity index is 1.74.